The lowest BCUT2D eigenvalue weighted by atomic mass is 9.97. The predicted octanol–water partition coefficient (Wildman–Crippen LogP) is 1.33. The lowest BCUT2D eigenvalue weighted by Gasteiger charge is -2.28. The smallest absolute Gasteiger partial charge is 0.415 e. The second-order valence-corrected chi connectivity index (χ2v) is 5.27. The molecule has 8 heteroatoms. The summed E-state index contributed by atoms with van der Waals surface area (Å²) in [5.41, 5.74) is -0.732. The van der Waals surface area contributed by atoms with Crippen LogP contribution in [0.1, 0.15) is 32.1 Å². The number of carbonyl (C=O) groups is 1. The van der Waals surface area contributed by atoms with Crippen LogP contribution in [0.15, 0.2) is 0 Å². The third-order valence-electron chi connectivity index (χ3n) is 3.39. The molecular formula is C9H11F2O5S-. The van der Waals surface area contributed by atoms with E-state index in [-0.39, 0.29) is 0 Å². The van der Waals surface area contributed by atoms with Crippen LogP contribution >= 0.6 is 12.0 Å². The van der Waals surface area contributed by atoms with Crippen molar-refractivity contribution in [3.8, 4) is 0 Å². The van der Waals surface area contributed by atoms with Gasteiger partial charge < -0.3 is 9.99 Å². The Bertz CT molecular complexity index is 304. The van der Waals surface area contributed by atoms with Crippen molar-refractivity contribution in [1.29, 1.82) is 0 Å². The molecule has 5 nitrogen and oxygen atoms in total. The van der Waals surface area contributed by atoms with Crippen molar-refractivity contribution in [2.45, 2.75) is 43.0 Å². The average molecular weight is 269 g/mol. The van der Waals surface area contributed by atoms with Gasteiger partial charge in [-0.2, -0.15) is 13.1 Å². The molecule has 0 aromatic carbocycles. The molecule has 0 N–H and O–H groups in total. The molecule has 2 bridgehead atoms. The lowest BCUT2D eigenvalue weighted by molar-refractivity contribution is -0.777. The van der Waals surface area contributed by atoms with Crippen LogP contribution in [0, 0.1) is 5.92 Å². The Labute approximate surface area is 100 Å². The van der Waals surface area contributed by atoms with E-state index in [0.29, 0.717) is 25.2 Å². The first-order chi connectivity index (χ1) is 7.97. The number of rotatable bonds is 5. The summed E-state index contributed by atoms with van der Waals surface area (Å²) in [7, 11) is 0. The monoisotopic (exact) mass is 269 g/mol. The van der Waals surface area contributed by atoms with Gasteiger partial charge in [0.2, 0.25) is 0 Å². The van der Waals surface area contributed by atoms with Crippen LogP contribution in [0.5, 0.6) is 0 Å². The molecule has 0 heterocycles. The molecule has 0 aromatic heterocycles. The number of halogens is 2. The minimum Gasteiger partial charge on any atom is -0.691 e. The first kappa shape index (κ1) is 13.0. The summed E-state index contributed by atoms with van der Waals surface area (Å²) in [5.74, 6) is -1.20. The van der Waals surface area contributed by atoms with E-state index in [1.807, 2.05) is 0 Å². The van der Waals surface area contributed by atoms with Gasteiger partial charge in [-0.15, -0.1) is 0 Å². The fourth-order valence-corrected chi connectivity index (χ4v) is 2.85. The lowest BCUT2D eigenvalue weighted by Crippen LogP contribution is -2.37. The Morgan fingerprint density at radius 1 is 1.41 bits per heavy atom. The molecule has 0 aliphatic heterocycles. The minimum atomic E-state index is -3.93. The highest BCUT2D eigenvalue weighted by Crippen LogP contribution is 2.50. The number of alkyl halides is 2. The Balaban J connectivity index is 1.92. The van der Waals surface area contributed by atoms with E-state index >= 15 is 0 Å². The van der Waals surface area contributed by atoms with Gasteiger partial charge >= 0.3 is 11.2 Å². The van der Waals surface area contributed by atoms with E-state index in [1.165, 1.54) is 0 Å². The van der Waals surface area contributed by atoms with E-state index in [1.54, 1.807) is 0 Å². The van der Waals surface area contributed by atoms with Crippen LogP contribution in [0.2, 0.25) is 0 Å². The molecule has 2 saturated carbocycles. The third-order valence-corrected chi connectivity index (χ3v) is 3.89. The maximum atomic E-state index is 13.1. The quantitative estimate of drug-likeness (QED) is 0.324. The molecule has 98 valence electrons. The van der Waals surface area contributed by atoms with Crippen LogP contribution in [0.25, 0.3) is 0 Å². The zero-order valence-electron chi connectivity index (χ0n) is 8.82. The van der Waals surface area contributed by atoms with E-state index in [4.69, 9.17) is 4.74 Å². The number of hydrogen-bond acceptors (Lipinski definition) is 6. The number of esters is 1. The fourth-order valence-electron chi connectivity index (χ4n) is 2.63. The summed E-state index contributed by atoms with van der Waals surface area (Å²) < 4.78 is 34.6. The van der Waals surface area contributed by atoms with Crippen molar-refractivity contribution in [1.82, 2.24) is 0 Å². The van der Waals surface area contributed by atoms with Crippen molar-refractivity contribution in [3.63, 3.8) is 0 Å². The molecule has 2 aliphatic rings. The number of ether oxygens (including phenoxy) is 1. The van der Waals surface area contributed by atoms with Gasteiger partial charge in [0.05, 0.1) is 0 Å². The van der Waals surface area contributed by atoms with Gasteiger partial charge in [-0.25, -0.2) is 4.79 Å². The summed E-state index contributed by atoms with van der Waals surface area (Å²) in [5, 5.41) is 8.29. The molecule has 17 heavy (non-hydrogen) atoms. The van der Waals surface area contributed by atoms with Crippen molar-refractivity contribution in [2.24, 2.45) is 5.92 Å². The molecule has 0 amide bonds. The van der Waals surface area contributed by atoms with E-state index in [0.717, 1.165) is 12.8 Å². The van der Waals surface area contributed by atoms with Crippen molar-refractivity contribution in [3.05, 3.63) is 0 Å². The Morgan fingerprint density at radius 2 is 2.06 bits per heavy atom. The van der Waals surface area contributed by atoms with Crippen molar-refractivity contribution >= 4 is 18.0 Å². The predicted molar refractivity (Wildman–Crippen MR) is 50.1 cm³/mol. The second kappa shape index (κ2) is 4.68. The second-order valence-electron chi connectivity index (χ2n) is 4.46. The maximum absolute atomic E-state index is 13.1. The normalized spacial score (nSPS) is 31.8. The van der Waals surface area contributed by atoms with Gasteiger partial charge in [0.1, 0.15) is 17.6 Å². The zero-order valence-corrected chi connectivity index (χ0v) is 9.63. The molecule has 0 spiro atoms. The third kappa shape index (κ3) is 2.70. The summed E-state index contributed by atoms with van der Waals surface area (Å²) in [6, 6.07) is 0. The summed E-state index contributed by atoms with van der Waals surface area (Å²) in [4.78, 5) is 11.3. The van der Waals surface area contributed by atoms with Crippen molar-refractivity contribution in [2.75, 3.05) is 0 Å². The fraction of sp³-hybridized carbons (Fsp3) is 0.889. The molecule has 0 aromatic rings. The van der Waals surface area contributed by atoms with Crippen LogP contribution < -0.4 is 5.26 Å². The minimum absolute atomic E-state index is 0.477. The van der Waals surface area contributed by atoms with Gasteiger partial charge in [-0.05, 0) is 38.0 Å². The average Bonchev–Trinajstić information content (AvgIpc) is 2.86. The van der Waals surface area contributed by atoms with Gasteiger partial charge in [-0.3, -0.25) is 5.04 Å². The Hall–Kier alpha value is -0.440. The SMILES string of the molecule is O=C(OC12CCC(CC1)C2)C(F)(F)SOO[O-]. The molecule has 0 unspecified atom stereocenters. The summed E-state index contributed by atoms with van der Waals surface area (Å²) in [6.45, 7) is 0. The molecule has 0 radical (unpaired) electrons. The van der Waals surface area contributed by atoms with Gasteiger partial charge in [-0.1, -0.05) is 0 Å². The first-order valence-corrected chi connectivity index (χ1v) is 5.97. The van der Waals surface area contributed by atoms with Crippen LogP contribution in [-0.4, -0.2) is 16.8 Å². The number of carbonyl (C=O) groups excluding carboxylic acids is 1. The van der Waals surface area contributed by atoms with Crippen molar-refractivity contribution < 1.29 is 32.9 Å². The molecule has 2 aliphatic carbocycles. The standard InChI is InChI=1S/C9H12F2O5S/c10-9(11,17-16-15-13)7(12)14-8-3-1-6(5-8)2-4-8/h6,13H,1-5H2/p-1. The highest BCUT2D eigenvalue weighted by atomic mass is 32.2. The molecule has 2 rings (SSSR count). The zero-order chi connectivity index (χ0) is 12.5. The van der Waals surface area contributed by atoms with Crippen LogP contribution in [-0.2, 0) is 18.9 Å². The van der Waals surface area contributed by atoms with E-state index < -0.39 is 28.9 Å². The first-order valence-electron chi connectivity index (χ1n) is 5.23. The Morgan fingerprint density at radius 3 is 2.53 bits per heavy atom. The molecular weight excluding hydrogens is 258 g/mol. The summed E-state index contributed by atoms with van der Waals surface area (Å²) >= 11 is -0.650. The number of hydrogen-bond donors (Lipinski definition) is 0. The van der Waals surface area contributed by atoms with Crippen LogP contribution in [0.3, 0.4) is 0 Å². The van der Waals surface area contributed by atoms with Gasteiger partial charge in [0.25, 0.3) is 0 Å². The van der Waals surface area contributed by atoms with E-state index in [2.05, 4.69) is 9.37 Å². The highest BCUT2D eigenvalue weighted by Gasteiger charge is 2.53. The number of fused-ring (bicyclic) bond motifs is 2. The molecule has 2 fully saturated rings. The van der Waals surface area contributed by atoms with Gasteiger partial charge in [0.15, 0.2) is 0 Å². The topological polar surface area (TPSA) is 67.8 Å². The Kier molecular flexibility index (Phi) is 3.58. The largest absolute Gasteiger partial charge is 0.691 e. The molecule has 0 saturated heterocycles. The van der Waals surface area contributed by atoms with Gasteiger partial charge in [0, 0.05) is 0 Å². The van der Waals surface area contributed by atoms with Crippen LogP contribution in [0.4, 0.5) is 8.78 Å². The maximum Gasteiger partial charge on any atom is 0.415 e. The summed E-state index contributed by atoms with van der Waals surface area (Å²) in [6.07, 6.45) is 3.73. The highest BCUT2D eigenvalue weighted by molar-refractivity contribution is 7.96. The van der Waals surface area contributed by atoms with E-state index in [9.17, 15) is 18.8 Å². The molecule has 0 atom stereocenters.